The van der Waals surface area contributed by atoms with Crippen molar-refractivity contribution in [1.82, 2.24) is 14.8 Å². The van der Waals surface area contributed by atoms with Crippen molar-refractivity contribution in [1.29, 1.82) is 5.26 Å². The Bertz CT molecular complexity index is 1050. The van der Waals surface area contributed by atoms with Gasteiger partial charge in [-0.2, -0.15) is 10.4 Å². The maximum atomic E-state index is 11.2. The Morgan fingerprint density at radius 3 is 3.00 bits per heavy atom. The van der Waals surface area contributed by atoms with Gasteiger partial charge in [0.25, 0.3) is 0 Å². The van der Waals surface area contributed by atoms with E-state index in [9.17, 15) is 4.79 Å². The standard InChI is InChI=1S/C19H15N5O2/c1-12(25)22-15-3-2-14-10-24-17(11-26-19(14)7-15)8-18(23-24)13-4-5-21-16(6-13)9-20/h2-8H,10-11H2,1H3,(H,22,25). The van der Waals surface area contributed by atoms with Crippen LogP contribution in [0.4, 0.5) is 5.69 Å². The molecule has 0 fully saturated rings. The molecular formula is C19H15N5O2. The number of amides is 1. The molecule has 7 nitrogen and oxygen atoms in total. The van der Waals surface area contributed by atoms with Crippen molar-refractivity contribution < 1.29 is 9.53 Å². The maximum Gasteiger partial charge on any atom is 0.221 e. The zero-order valence-corrected chi connectivity index (χ0v) is 14.1. The summed E-state index contributed by atoms with van der Waals surface area (Å²) in [6, 6.07) is 13.1. The molecule has 1 aromatic carbocycles. The lowest BCUT2D eigenvalue weighted by Gasteiger charge is -2.09. The number of rotatable bonds is 2. The van der Waals surface area contributed by atoms with Gasteiger partial charge in [-0.15, -0.1) is 0 Å². The van der Waals surface area contributed by atoms with E-state index >= 15 is 0 Å². The number of hydrogen-bond acceptors (Lipinski definition) is 5. The predicted molar refractivity (Wildman–Crippen MR) is 94.4 cm³/mol. The van der Waals surface area contributed by atoms with Crippen molar-refractivity contribution >= 4 is 11.6 Å². The number of carbonyl (C=O) groups excluding carboxylic acids is 1. The van der Waals surface area contributed by atoms with Crippen LogP contribution in [0.1, 0.15) is 23.9 Å². The SMILES string of the molecule is CC(=O)Nc1ccc2c(c1)OCc1cc(-c3ccnc(C#N)c3)nn1C2. The molecule has 7 heteroatoms. The summed E-state index contributed by atoms with van der Waals surface area (Å²) in [6.45, 7) is 2.42. The van der Waals surface area contributed by atoms with Crippen molar-refractivity contribution in [3.05, 3.63) is 59.5 Å². The van der Waals surface area contributed by atoms with E-state index in [1.165, 1.54) is 6.92 Å². The van der Waals surface area contributed by atoms with Crippen molar-refractivity contribution in [2.45, 2.75) is 20.1 Å². The van der Waals surface area contributed by atoms with E-state index in [0.29, 0.717) is 24.5 Å². The first-order valence-electron chi connectivity index (χ1n) is 8.09. The molecule has 3 aromatic rings. The monoisotopic (exact) mass is 345 g/mol. The predicted octanol–water partition coefficient (Wildman–Crippen LogP) is 2.72. The van der Waals surface area contributed by atoms with E-state index in [1.807, 2.05) is 41.1 Å². The largest absolute Gasteiger partial charge is 0.487 e. The number of benzene rings is 1. The molecule has 1 N–H and O–H groups in total. The van der Waals surface area contributed by atoms with Gasteiger partial charge in [0.1, 0.15) is 24.1 Å². The van der Waals surface area contributed by atoms with Crippen molar-refractivity contribution in [3.63, 3.8) is 0 Å². The summed E-state index contributed by atoms with van der Waals surface area (Å²) < 4.78 is 7.81. The molecule has 0 atom stereocenters. The van der Waals surface area contributed by atoms with E-state index in [4.69, 9.17) is 10.00 Å². The fraction of sp³-hybridized carbons (Fsp3) is 0.158. The molecule has 0 bridgehead atoms. The summed E-state index contributed by atoms with van der Waals surface area (Å²) >= 11 is 0. The summed E-state index contributed by atoms with van der Waals surface area (Å²) in [4.78, 5) is 15.2. The molecule has 26 heavy (non-hydrogen) atoms. The number of nitrogens with one attached hydrogen (secondary N) is 1. The van der Waals surface area contributed by atoms with Gasteiger partial charge in [-0.25, -0.2) is 4.98 Å². The lowest BCUT2D eigenvalue weighted by molar-refractivity contribution is -0.114. The molecule has 1 amide bonds. The van der Waals surface area contributed by atoms with E-state index in [1.54, 1.807) is 12.3 Å². The highest BCUT2D eigenvalue weighted by molar-refractivity contribution is 5.88. The fourth-order valence-electron chi connectivity index (χ4n) is 2.91. The number of aromatic nitrogens is 3. The first kappa shape index (κ1) is 15.8. The second-order valence-electron chi connectivity index (χ2n) is 6.01. The molecule has 0 aliphatic carbocycles. The molecule has 4 rings (SSSR count). The van der Waals surface area contributed by atoms with Crippen LogP contribution in [0.15, 0.2) is 42.6 Å². The molecule has 2 aromatic heterocycles. The smallest absolute Gasteiger partial charge is 0.221 e. The first-order chi connectivity index (χ1) is 12.6. The van der Waals surface area contributed by atoms with Crippen LogP contribution in [0.5, 0.6) is 5.75 Å². The van der Waals surface area contributed by atoms with Gasteiger partial charge >= 0.3 is 0 Å². The van der Waals surface area contributed by atoms with Crippen LogP contribution in [-0.4, -0.2) is 20.7 Å². The molecule has 0 saturated heterocycles. The molecule has 3 heterocycles. The van der Waals surface area contributed by atoms with Gasteiger partial charge in [0.05, 0.1) is 17.9 Å². The van der Waals surface area contributed by atoms with Gasteiger partial charge in [0.15, 0.2) is 0 Å². The quantitative estimate of drug-likeness (QED) is 0.771. The van der Waals surface area contributed by atoms with Crippen LogP contribution < -0.4 is 10.1 Å². The van der Waals surface area contributed by atoms with Gasteiger partial charge < -0.3 is 10.1 Å². The highest BCUT2D eigenvalue weighted by Gasteiger charge is 2.18. The minimum absolute atomic E-state index is 0.120. The molecule has 1 aliphatic heterocycles. The molecule has 1 aliphatic rings. The molecule has 0 radical (unpaired) electrons. The third-order valence-corrected chi connectivity index (χ3v) is 4.12. The molecule has 0 unspecified atom stereocenters. The summed E-state index contributed by atoms with van der Waals surface area (Å²) in [7, 11) is 0. The summed E-state index contributed by atoms with van der Waals surface area (Å²) in [5, 5.41) is 16.4. The zero-order chi connectivity index (χ0) is 18.1. The van der Waals surface area contributed by atoms with E-state index in [-0.39, 0.29) is 5.91 Å². The second-order valence-corrected chi connectivity index (χ2v) is 6.01. The Hall–Kier alpha value is -3.66. The third kappa shape index (κ3) is 3.00. The minimum atomic E-state index is -0.120. The van der Waals surface area contributed by atoms with Gasteiger partial charge in [0.2, 0.25) is 5.91 Å². The lowest BCUT2D eigenvalue weighted by Crippen LogP contribution is -2.06. The van der Waals surface area contributed by atoms with Crippen LogP contribution >= 0.6 is 0 Å². The Labute approximate surface area is 149 Å². The zero-order valence-electron chi connectivity index (χ0n) is 14.1. The molecule has 128 valence electrons. The van der Waals surface area contributed by atoms with E-state index < -0.39 is 0 Å². The van der Waals surface area contributed by atoms with E-state index in [0.717, 1.165) is 28.3 Å². The average Bonchev–Trinajstić information content (AvgIpc) is 2.96. The van der Waals surface area contributed by atoms with Crippen molar-refractivity contribution in [2.24, 2.45) is 0 Å². The van der Waals surface area contributed by atoms with Crippen LogP contribution in [0, 0.1) is 11.3 Å². The summed E-state index contributed by atoms with van der Waals surface area (Å²) in [6.07, 6.45) is 1.60. The number of carbonyl (C=O) groups is 1. The van der Waals surface area contributed by atoms with Crippen LogP contribution in [0.2, 0.25) is 0 Å². The fourth-order valence-corrected chi connectivity index (χ4v) is 2.91. The third-order valence-electron chi connectivity index (χ3n) is 4.12. The second kappa shape index (κ2) is 6.33. The summed E-state index contributed by atoms with van der Waals surface area (Å²) in [5.74, 6) is 0.615. The van der Waals surface area contributed by atoms with Gasteiger partial charge in [-0.05, 0) is 24.3 Å². The molecular weight excluding hydrogens is 330 g/mol. The number of nitriles is 1. The van der Waals surface area contributed by atoms with Crippen LogP contribution in [0.25, 0.3) is 11.3 Å². The number of pyridine rings is 1. The van der Waals surface area contributed by atoms with Gasteiger partial charge in [-0.3, -0.25) is 9.48 Å². The number of fused-ring (bicyclic) bond motifs is 2. The highest BCUT2D eigenvalue weighted by atomic mass is 16.5. The minimum Gasteiger partial charge on any atom is -0.487 e. The maximum absolute atomic E-state index is 11.2. The van der Waals surface area contributed by atoms with Gasteiger partial charge in [0, 0.05) is 36.0 Å². The van der Waals surface area contributed by atoms with Crippen molar-refractivity contribution in [3.8, 4) is 23.1 Å². The highest BCUT2D eigenvalue weighted by Crippen LogP contribution is 2.29. The van der Waals surface area contributed by atoms with Crippen LogP contribution in [-0.2, 0) is 17.9 Å². The number of nitrogens with zero attached hydrogens (tertiary/aromatic N) is 4. The lowest BCUT2D eigenvalue weighted by atomic mass is 10.1. The molecule has 0 saturated carbocycles. The number of ether oxygens (including phenoxy) is 1. The number of hydrogen-bond donors (Lipinski definition) is 1. The average molecular weight is 345 g/mol. The summed E-state index contributed by atoms with van der Waals surface area (Å²) in [5.41, 5.74) is 4.61. The molecule has 0 spiro atoms. The Morgan fingerprint density at radius 2 is 2.19 bits per heavy atom. The van der Waals surface area contributed by atoms with Gasteiger partial charge in [-0.1, -0.05) is 6.07 Å². The Balaban J connectivity index is 1.65. The number of anilines is 1. The Morgan fingerprint density at radius 1 is 1.31 bits per heavy atom. The Kier molecular flexibility index (Phi) is 3.86. The van der Waals surface area contributed by atoms with Crippen LogP contribution in [0.3, 0.4) is 0 Å². The first-order valence-corrected chi connectivity index (χ1v) is 8.09. The normalized spacial score (nSPS) is 12.2. The van der Waals surface area contributed by atoms with E-state index in [2.05, 4.69) is 15.4 Å². The van der Waals surface area contributed by atoms with Crippen molar-refractivity contribution in [2.75, 3.05) is 5.32 Å². The topological polar surface area (TPSA) is 92.8 Å².